The van der Waals surface area contributed by atoms with Gasteiger partial charge in [-0.25, -0.2) is 0 Å². The molecule has 0 fully saturated rings. The Morgan fingerprint density at radius 1 is 0.750 bits per heavy atom. The van der Waals surface area contributed by atoms with E-state index in [2.05, 4.69) is 0 Å². The molecule has 2 aromatic carbocycles. The van der Waals surface area contributed by atoms with E-state index >= 15 is 0 Å². The number of nitrogens with two attached hydrogens (primary N) is 4. The maximum atomic E-state index is 5.84. The molecule has 0 saturated heterocycles. The second-order valence-corrected chi connectivity index (χ2v) is 4.48. The van der Waals surface area contributed by atoms with Crippen LogP contribution in [0.5, 0.6) is 11.5 Å². The molecule has 0 spiro atoms. The fourth-order valence-electron chi connectivity index (χ4n) is 1.54. The van der Waals surface area contributed by atoms with E-state index in [1.807, 2.05) is 0 Å². The summed E-state index contributed by atoms with van der Waals surface area (Å²) in [6.07, 6.45) is 0. The second-order valence-electron chi connectivity index (χ2n) is 4.48. The van der Waals surface area contributed by atoms with Gasteiger partial charge in [-0.15, -0.1) is 0 Å². The summed E-state index contributed by atoms with van der Waals surface area (Å²) in [7, 11) is 0. The van der Waals surface area contributed by atoms with Gasteiger partial charge in [0, 0.05) is 11.4 Å². The predicted octanol–water partition coefficient (Wildman–Crippen LogP) is 0.880. The van der Waals surface area contributed by atoms with Crippen LogP contribution in [-0.2, 0) is 0 Å². The van der Waals surface area contributed by atoms with E-state index in [0.29, 0.717) is 22.9 Å². The third-order valence-corrected chi connectivity index (χ3v) is 2.53. The van der Waals surface area contributed by atoms with Crippen LogP contribution in [0.2, 0.25) is 0 Å². The monoisotopic (exact) mass is 274 g/mol. The second kappa shape index (κ2) is 5.68. The van der Waals surface area contributed by atoms with Crippen LogP contribution in [0.3, 0.4) is 0 Å². The highest BCUT2D eigenvalue weighted by molar-refractivity contribution is 5.42. The number of hydrogen-bond acceptors (Lipinski definition) is 6. The summed E-state index contributed by atoms with van der Waals surface area (Å²) in [5.74, 6) is -0.317. The Morgan fingerprint density at radius 2 is 1.20 bits per heavy atom. The van der Waals surface area contributed by atoms with E-state index in [0.717, 1.165) is 0 Å². The van der Waals surface area contributed by atoms with Crippen molar-refractivity contribution in [2.75, 3.05) is 18.1 Å². The van der Waals surface area contributed by atoms with Crippen LogP contribution < -0.4 is 32.4 Å². The quantitative estimate of drug-likeness (QED) is 0.474. The fourth-order valence-corrected chi connectivity index (χ4v) is 1.54. The molecular weight excluding hydrogens is 256 g/mol. The molecule has 0 aliphatic carbocycles. The zero-order valence-electron chi connectivity index (χ0n) is 11.0. The molecule has 0 amide bonds. The van der Waals surface area contributed by atoms with Crippen molar-refractivity contribution in [2.24, 2.45) is 11.5 Å². The molecule has 0 bridgehead atoms. The highest BCUT2D eigenvalue weighted by Gasteiger charge is 2.22. The van der Waals surface area contributed by atoms with Gasteiger partial charge < -0.3 is 20.9 Å². The van der Waals surface area contributed by atoms with Crippen molar-refractivity contribution in [1.82, 2.24) is 0 Å². The van der Waals surface area contributed by atoms with Crippen molar-refractivity contribution >= 4 is 11.4 Å². The first-order valence-corrected chi connectivity index (χ1v) is 6.05. The third-order valence-electron chi connectivity index (χ3n) is 2.53. The summed E-state index contributed by atoms with van der Waals surface area (Å²) in [6, 6.07) is 13.7. The summed E-state index contributed by atoms with van der Waals surface area (Å²) >= 11 is 0. The average Bonchev–Trinajstić information content (AvgIpc) is 2.41. The summed E-state index contributed by atoms with van der Waals surface area (Å²) < 4.78 is 10.9. The summed E-state index contributed by atoms with van der Waals surface area (Å²) in [5.41, 5.74) is 24.1. The Bertz CT molecular complexity index is 552. The molecule has 0 atom stereocenters. The summed E-state index contributed by atoms with van der Waals surface area (Å²) in [4.78, 5) is 0. The lowest BCUT2D eigenvalue weighted by atomic mass is 10.3. The number of ether oxygens (including phenoxy) is 2. The van der Waals surface area contributed by atoms with Crippen LogP contribution in [0.15, 0.2) is 48.5 Å². The molecule has 106 valence electrons. The maximum absolute atomic E-state index is 5.84. The Balaban J connectivity index is 1.93. The third kappa shape index (κ3) is 4.04. The van der Waals surface area contributed by atoms with Crippen LogP contribution in [-0.4, -0.2) is 12.5 Å². The number of anilines is 2. The summed E-state index contributed by atoms with van der Waals surface area (Å²) in [6.45, 7) is -0.0126. The Labute approximate surface area is 117 Å². The molecule has 0 heterocycles. The Morgan fingerprint density at radius 3 is 1.70 bits per heavy atom. The van der Waals surface area contributed by atoms with Crippen LogP contribution in [0.1, 0.15) is 0 Å². The topological polar surface area (TPSA) is 123 Å². The zero-order valence-corrected chi connectivity index (χ0v) is 11.0. The van der Waals surface area contributed by atoms with Crippen LogP contribution in [0.25, 0.3) is 0 Å². The van der Waals surface area contributed by atoms with Crippen molar-refractivity contribution in [1.29, 1.82) is 0 Å². The fraction of sp³-hybridized carbons (Fsp3) is 0.143. The van der Waals surface area contributed by atoms with Crippen molar-refractivity contribution in [3.8, 4) is 11.5 Å². The van der Waals surface area contributed by atoms with E-state index in [4.69, 9.17) is 32.4 Å². The van der Waals surface area contributed by atoms with Crippen LogP contribution in [0.4, 0.5) is 11.4 Å². The van der Waals surface area contributed by atoms with Crippen molar-refractivity contribution in [3.05, 3.63) is 48.5 Å². The lowest BCUT2D eigenvalue weighted by molar-refractivity contribution is 0.0301. The van der Waals surface area contributed by atoms with Gasteiger partial charge in [0.15, 0.2) is 6.61 Å². The first-order chi connectivity index (χ1) is 9.44. The maximum Gasteiger partial charge on any atom is 0.247 e. The standard InChI is InChI=1S/C14H18N4O2/c15-10-1-5-12(6-2-10)19-9-14(17,18)20-13-7-3-11(16)4-8-13/h1-8H,9,15-18H2. The molecule has 0 aliphatic rings. The van der Waals surface area contributed by atoms with Gasteiger partial charge in [-0.3, -0.25) is 11.5 Å². The van der Waals surface area contributed by atoms with Gasteiger partial charge in [0.2, 0.25) is 5.85 Å². The lowest BCUT2D eigenvalue weighted by Gasteiger charge is -2.25. The van der Waals surface area contributed by atoms with E-state index in [9.17, 15) is 0 Å². The molecule has 2 rings (SSSR count). The predicted molar refractivity (Wildman–Crippen MR) is 78.9 cm³/mol. The normalized spacial score (nSPS) is 11.1. The molecule has 20 heavy (non-hydrogen) atoms. The van der Waals surface area contributed by atoms with Gasteiger partial charge in [0.05, 0.1) is 0 Å². The Hall–Kier alpha value is -2.44. The molecule has 0 aliphatic heterocycles. The zero-order chi connectivity index (χ0) is 14.6. The molecule has 6 nitrogen and oxygen atoms in total. The van der Waals surface area contributed by atoms with Gasteiger partial charge in [0.25, 0.3) is 0 Å². The van der Waals surface area contributed by atoms with Crippen molar-refractivity contribution < 1.29 is 9.47 Å². The Kier molecular flexibility index (Phi) is 3.97. The van der Waals surface area contributed by atoms with Gasteiger partial charge in [0.1, 0.15) is 11.5 Å². The molecule has 0 aromatic heterocycles. The highest BCUT2D eigenvalue weighted by atomic mass is 16.6. The molecule has 6 heteroatoms. The van der Waals surface area contributed by atoms with E-state index in [-0.39, 0.29) is 6.61 Å². The van der Waals surface area contributed by atoms with Gasteiger partial charge >= 0.3 is 0 Å². The number of nitrogen functional groups attached to an aromatic ring is 2. The molecule has 0 unspecified atom stereocenters. The minimum Gasteiger partial charge on any atom is -0.486 e. The SMILES string of the molecule is Nc1ccc(OCC(N)(N)Oc2ccc(N)cc2)cc1. The minimum atomic E-state index is -1.45. The smallest absolute Gasteiger partial charge is 0.247 e. The average molecular weight is 274 g/mol. The number of benzene rings is 2. The van der Waals surface area contributed by atoms with Crippen molar-refractivity contribution in [3.63, 3.8) is 0 Å². The van der Waals surface area contributed by atoms with E-state index < -0.39 is 5.85 Å². The molecule has 0 saturated carbocycles. The van der Waals surface area contributed by atoms with Gasteiger partial charge in [-0.05, 0) is 48.5 Å². The first-order valence-electron chi connectivity index (χ1n) is 6.05. The minimum absolute atomic E-state index is 0.0126. The number of rotatable bonds is 5. The van der Waals surface area contributed by atoms with Crippen LogP contribution >= 0.6 is 0 Å². The molecule has 0 radical (unpaired) electrons. The van der Waals surface area contributed by atoms with E-state index in [1.165, 1.54) is 0 Å². The molecule has 8 N–H and O–H groups in total. The van der Waals surface area contributed by atoms with Gasteiger partial charge in [-0.1, -0.05) is 0 Å². The lowest BCUT2D eigenvalue weighted by Crippen LogP contribution is -2.59. The first kappa shape index (κ1) is 14.0. The van der Waals surface area contributed by atoms with E-state index in [1.54, 1.807) is 48.5 Å². The van der Waals surface area contributed by atoms with Gasteiger partial charge in [-0.2, -0.15) is 0 Å². The molecule has 2 aromatic rings. The van der Waals surface area contributed by atoms with Crippen molar-refractivity contribution in [2.45, 2.75) is 5.85 Å². The largest absolute Gasteiger partial charge is 0.486 e. The molecular formula is C14H18N4O2. The summed E-state index contributed by atoms with van der Waals surface area (Å²) in [5, 5.41) is 0. The van der Waals surface area contributed by atoms with Crippen LogP contribution in [0, 0.1) is 0 Å². The number of hydrogen-bond donors (Lipinski definition) is 4. The highest BCUT2D eigenvalue weighted by Crippen LogP contribution is 2.17.